The number of benzene rings is 2. The highest BCUT2D eigenvalue weighted by Crippen LogP contribution is 2.23. The summed E-state index contributed by atoms with van der Waals surface area (Å²) >= 11 is 0. The van der Waals surface area contributed by atoms with Gasteiger partial charge < -0.3 is 9.47 Å². The third-order valence-corrected chi connectivity index (χ3v) is 5.92. The first-order chi connectivity index (χ1) is 15.5. The van der Waals surface area contributed by atoms with Crippen LogP contribution in [0.25, 0.3) is 17.0 Å². The predicted molar refractivity (Wildman–Crippen MR) is 114 cm³/mol. The Kier molecular flexibility index (Phi) is 6.28. The molecule has 0 aliphatic rings. The average molecular weight is 457 g/mol. The van der Waals surface area contributed by atoms with E-state index >= 15 is 0 Å². The van der Waals surface area contributed by atoms with Crippen molar-refractivity contribution in [3.63, 3.8) is 0 Å². The molecule has 2 heterocycles. The smallest absolute Gasteiger partial charge is 0.244 e. The van der Waals surface area contributed by atoms with Crippen LogP contribution in [0.4, 0.5) is 4.39 Å². The van der Waals surface area contributed by atoms with Crippen molar-refractivity contribution in [2.24, 2.45) is 0 Å². The number of ether oxygens (including phenoxy) is 2. The van der Waals surface area contributed by atoms with E-state index in [9.17, 15) is 12.8 Å². The molecular formula is C21H20FN5O4S. The molecule has 0 spiro atoms. The van der Waals surface area contributed by atoms with Crippen LogP contribution in [0.3, 0.4) is 0 Å². The van der Waals surface area contributed by atoms with Gasteiger partial charge >= 0.3 is 0 Å². The number of hydrogen-bond donors (Lipinski definition) is 1. The largest absolute Gasteiger partial charge is 0.492 e. The van der Waals surface area contributed by atoms with E-state index in [-0.39, 0.29) is 35.5 Å². The summed E-state index contributed by atoms with van der Waals surface area (Å²) in [5, 5.41) is 12.5. The fourth-order valence-electron chi connectivity index (χ4n) is 2.98. The molecule has 4 rings (SSSR count). The lowest BCUT2D eigenvalue weighted by Gasteiger charge is -2.12. The van der Waals surface area contributed by atoms with Crippen LogP contribution in [0, 0.1) is 5.82 Å². The zero-order valence-electron chi connectivity index (χ0n) is 17.1. The molecule has 2 aromatic carbocycles. The second-order valence-corrected chi connectivity index (χ2v) is 8.33. The molecule has 166 valence electrons. The molecule has 0 aliphatic heterocycles. The number of rotatable bonds is 9. The second-order valence-electron chi connectivity index (χ2n) is 6.60. The average Bonchev–Trinajstić information content (AvgIpc) is 3.21. The lowest BCUT2D eigenvalue weighted by molar-refractivity contribution is 0.305. The maximum atomic E-state index is 13.2. The van der Waals surface area contributed by atoms with Crippen molar-refractivity contribution in [2.75, 3.05) is 19.8 Å². The van der Waals surface area contributed by atoms with Crippen molar-refractivity contribution in [3.8, 4) is 23.0 Å². The topological polar surface area (TPSA) is 108 Å². The van der Waals surface area contributed by atoms with E-state index in [0.29, 0.717) is 23.6 Å². The fourth-order valence-corrected chi connectivity index (χ4v) is 4.14. The summed E-state index contributed by atoms with van der Waals surface area (Å²) in [5.74, 6) is 0.621. The standard InChI is InChI=1S/C21H20FN5O4S/c1-2-30-17-5-3-4-6-18(17)32(28,29)23-13-14-31-20-12-11-19-24-25-21(27(19)26-20)15-7-9-16(22)10-8-15/h3-12,23H,2,13-14H2,1H3. The normalized spacial score (nSPS) is 11.6. The number of aromatic nitrogens is 4. The van der Waals surface area contributed by atoms with Crippen LogP contribution in [0.1, 0.15) is 6.92 Å². The van der Waals surface area contributed by atoms with Crippen molar-refractivity contribution in [1.82, 2.24) is 24.5 Å². The molecule has 0 unspecified atom stereocenters. The first-order valence-electron chi connectivity index (χ1n) is 9.80. The summed E-state index contributed by atoms with van der Waals surface area (Å²) < 4.78 is 53.3. The van der Waals surface area contributed by atoms with Crippen molar-refractivity contribution in [3.05, 3.63) is 66.5 Å². The minimum absolute atomic E-state index is 0.0233. The lowest BCUT2D eigenvalue weighted by Crippen LogP contribution is -2.28. The van der Waals surface area contributed by atoms with E-state index < -0.39 is 10.0 Å². The first-order valence-corrected chi connectivity index (χ1v) is 11.3. The fraction of sp³-hybridized carbons (Fsp3) is 0.190. The number of hydrogen-bond acceptors (Lipinski definition) is 7. The summed E-state index contributed by atoms with van der Waals surface area (Å²) in [6, 6.07) is 15.5. The van der Waals surface area contributed by atoms with Gasteiger partial charge in [0, 0.05) is 18.2 Å². The van der Waals surface area contributed by atoms with E-state index in [1.165, 1.54) is 22.7 Å². The van der Waals surface area contributed by atoms with Gasteiger partial charge in [-0.2, -0.15) is 4.52 Å². The summed E-state index contributed by atoms with van der Waals surface area (Å²) in [4.78, 5) is 0.0647. The Hall–Kier alpha value is -3.57. The van der Waals surface area contributed by atoms with Gasteiger partial charge in [0.1, 0.15) is 23.1 Å². The number of para-hydroxylation sites is 1. The Bertz CT molecular complexity index is 1330. The molecule has 2 aromatic heterocycles. The number of halogens is 1. The van der Waals surface area contributed by atoms with Crippen molar-refractivity contribution >= 4 is 15.7 Å². The Morgan fingerprint density at radius 2 is 1.78 bits per heavy atom. The number of nitrogens with one attached hydrogen (secondary N) is 1. The number of fused-ring (bicyclic) bond motifs is 1. The molecule has 0 amide bonds. The Morgan fingerprint density at radius 1 is 1.00 bits per heavy atom. The molecule has 11 heteroatoms. The zero-order valence-corrected chi connectivity index (χ0v) is 17.9. The number of sulfonamides is 1. The van der Waals surface area contributed by atoms with Gasteiger partial charge in [0.15, 0.2) is 11.5 Å². The Labute approximate surface area is 183 Å². The molecule has 0 saturated heterocycles. The van der Waals surface area contributed by atoms with E-state index in [1.807, 2.05) is 0 Å². The van der Waals surface area contributed by atoms with Gasteiger partial charge in [0.2, 0.25) is 15.9 Å². The van der Waals surface area contributed by atoms with Gasteiger partial charge in [-0.25, -0.2) is 17.5 Å². The highest BCUT2D eigenvalue weighted by Gasteiger charge is 2.18. The molecule has 0 radical (unpaired) electrons. The molecule has 1 N–H and O–H groups in total. The molecule has 0 saturated carbocycles. The molecule has 32 heavy (non-hydrogen) atoms. The third-order valence-electron chi connectivity index (χ3n) is 4.42. The van der Waals surface area contributed by atoms with Gasteiger partial charge in [0.05, 0.1) is 6.61 Å². The highest BCUT2D eigenvalue weighted by molar-refractivity contribution is 7.89. The minimum atomic E-state index is -3.77. The van der Waals surface area contributed by atoms with E-state index in [2.05, 4.69) is 20.0 Å². The monoisotopic (exact) mass is 457 g/mol. The molecule has 4 aromatic rings. The van der Waals surface area contributed by atoms with Crippen LogP contribution in [-0.2, 0) is 10.0 Å². The summed E-state index contributed by atoms with van der Waals surface area (Å²) in [6.45, 7) is 2.20. The van der Waals surface area contributed by atoms with E-state index in [0.717, 1.165) is 0 Å². The van der Waals surface area contributed by atoms with Crippen molar-refractivity contribution < 1.29 is 22.3 Å². The Morgan fingerprint density at radius 3 is 2.56 bits per heavy atom. The van der Waals surface area contributed by atoms with Crippen LogP contribution >= 0.6 is 0 Å². The lowest BCUT2D eigenvalue weighted by atomic mass is 10.2. The summed E-state index contributed by atoms with van der Waals surface area (Å²) in [5.41, 5.74) is 1.13. The van der Waals surface area contributed by atoms with Crippen LogP contribution in [0.2, 0.25) is 0 Å². The van der Waals surface area contributed by atoms with Crippen molar-refractivity contribution in [1.29, 1.82) is 0 Å². The van der Waals surface area contributed by atoms with E-state index in [1.54, 1.807) is 49.4 Å². The summed E-state index contributed by atoms with van der Waals surface area (Å²) in [7, 11) is -3.77. The second kappa shape index (κ2) is 9.28. The SMILES string of the molecule is CCOc1ccccc1S(=O)(=O)NCCOc1ccc2nnc(-c3ccc(F)cc3)n2n1. The third kappa shape index (κ3) is 4.68. The molecule has 0 atom stereocenters. The van der Waals surface area contributed by atoms with E-state index in [4.69, 9.17) is 9.47 Å². The summed E-state index contributed by atoms with van der Waals surface area (Å²) in [6.07, 6.45) is 0. The van der Waals surface area contributed by atoms with Gasteiger partial charge in [-0.1, -0.05) is 12.1 Å². The predicted octanol–water partition coefficient (Wildman–Crippen LogP) is 2.69. The zero-order chi connectivity index (χ0) is 22.6. The molecule has 0 fully saturated rings. The van der Waals surface area contributed by atoms with Crippen LogP contribution in [0.15, 0.2) is 65.6 Å². The highest BCUT2D eigenvalue weighted by atomic mass is 32.2. The molecular weight excluding hydrogens is 437 g/mol. The molecule has 0 aliphatic carbocycles. The van der Waals surface area contributed by atoms with Crippen LogP contribution in [0.5, 0.6) is 11.6 Å². The van der Waals surface area contributed by atoms with Gasteiger partial charge in [-0.3, -0.25) is 0 Å². The maximum absolute atomic E-state index is 13.2. The quantitative estimate of drug-likeness (QED) is 0.385. The molecule has 9 nitrogen and oxygen atoms in total. The number of nitrogens with zero attached hydrogens (tertiary/aromatic N) is 4. The van der Waals surface area contributed by atoms with Crippen LogP contribution in [-0.4, -0.2) is 48.0 Å². The molecule has 0 bridgehead atoms. The van der Waals surface area contributed by atoms with Crippen molar-refractivity contribution in [2.45, 2.75) is 11.8 Å². The Balaban J connectivity index is 1.43. The minimum Gasteiger partial charge on any atom is -0.492 e. The maximum Gasteiger partial charge on any atom is 0.244 e. The van der Waals surface area contributed by atoms with Gasteiger partial charge in [-0.15, -0.1) is 15.3 Å². The van der Waals surface area contributed by atoms with Gasteiger partial charge in [-0.05, 0) is 49.4 Å². The van der Waals surface area contributed by atoms with Crippen LogP contribution < -0.4 is 14.2 Å². The van der Waals surface area contributed by atoms with Gasteiger partial charge in [0.25, 0.3) is 0 Å². The first kappa shape index (κ1) is 21.7.